The molecule has 112 valence electrons. The lowest BCUT2D eigenvalue weighted by molar-refractivity contribution is -0.137. The number of nitrogens with one attached hydrogen (secondary N) is 1. The molecule has 2 aromatic rings. The van der Waals surface area contributed by atoms with E-state index in [1.165, 1.54) is 9.08 Å². The molecule has 0 saturated carbocycles. The number of carboxylic acids is 1. The second-order valence-corrected chi connectivity index (χ2v) is 4.75. The zero-order chi connectivity index (χ0) is 15.4. The maximum absolute atomic E-state index is 12.0. The van der Waals surface area contributed by atoms with Crippen LogP contribution in [-0.2, 0) is 16.1 Å². The van der Waals surface area contributed by atoms with Crippen LogP contribution in [0.3, 0.4) is 0 Å². The SMILES string of the molecule is CC(CC(=O)O)NC(=O)CCn1nc2ccccn2c1=O. The highest BCUT2D eigenvalue weighted by molar-refractivity contribution is 5.77. The molecule has 8 heteroatoms. The summed E-state index contributed by atoms with van der Waals surface area (Å²) in [5.74, 6) is -1.29. The number of carbonyl (C=O) groups is 2. The van der Waals surface area contributed by atoms with Gasteiger partial charge in [0.1, 0.15) is 0 Å². The normalized spacial score (nSPS) is 12.2. The minimum atomic E-state index is -0.973. The number of rotatable bonds is 6. The second-order valence-electron chi connectivity index (χ2n) is 4.75. The number of carbonyl (C=O) groups excluding carboxylic acids is 1. The number of aliphatic carboxylic acids is 1. The first-order chi connectivity index (χ1) is 9.97. The van der Waals surface area contributed by atoms with Crippen LogP contribution in [0.2, 0.25) is 0 Å². The molecule has 2 heterocycles. The van der Waals surface area contributed by atoms with Crippen molar-refractivity contribution in [1.29, 1.82) is 0 Å². The van der Waals surface area contributed by atoms with Gasteiger partial charge in [-0.1, -0.05) is 6.07 Å². The molecule has 0 radical (unpaired) electrons. The van der Waals surface area contributed by atoms with Gasteiger partial charge in [0.25, 0.3) is 0 Å². The first-order valence-electron chi connectivity index (χ1n) is 6.52. The van der Waals surface area contributed by atoms with Crippen molar-refractivity contribution in [2.45, 2.75) is 32.4 Å². The molecule has 0 saturated heterocycles. The van der Waals surface area contributed by atoms with Gasteiger partial charge in [-0.05, 0) is 19.1 Å². The highest BCUT2D eigenvalue weighted by atomic mass is 16.4. The summed E-state index contributed by atoms with van der Waals surface area (Å²) in [6.45, 7) is 1.76. The van der Waals surface area contributed by atoms with Crippen molar-refractivity contribution in [3.8, 4) is 0 Å². The van der Waals surface area contributed by atoms with E-state index in [1.807, 2.05) is 0 Å². The Labute approximate surface area is 120 Å². The van der Waals surface area contributed by atoms with E-state index >= 15 is 0 Å². The van der Waals surface area contributed by atoms with E-state index in [2.05, 4.69) is 10.4 Å². The zero-order valence-corrected chi connectivity index (χ0v) is 11.5. The van der Waals surface area contributed by atoms with Crippen LogP contribution in [0.25, 0.3) is 5.65 Å². The molecule has 0 spiro atoms. The monoisotopic (exact) mass is 292 g/mol. The summed E-state index contributed by atoms with van der Waals surface area (Å²) in [6.07, 6.45) is 1.53. The number of fused-ring (bicyclic) bond motifs is 1. The Balaban J connectivity index is 1.95. The lowest BCUT2D eigenvalue weighted by atomic mass is 10.2. The van der Waals surface area contributed by atoms with Gasteiger partial charge in [-0.15, -0.1) is 5.10 Å². The molecule has 2 N–H and O–H groups in total. The van der Waals surface area contributed by atoms with Crippen molar-refractivity contribution < 1.29 is 14.7 Å². The van der Waals surface area contributed by atoms with E-state index in [4.69, 9.17) is 5.11 Å². The summed E-state index contributed by atoms with van der Waals surface area (Å²) in [7, 11) is 0. The van der Waals surface area contributed by atoms with Gasteiger partial charge in [-0.3, -0.25) is 14.0 Å². The smallest absolute Gasteiger partial charge is 0.350 e. The van der Waals surface area contributed by atoms with Gasteiger partial charge in [-0.2, -0.15) is 0 Å². The molecule has 1 atom stereocenters. The molecule has 0 aromatic carbocycles. The molecule has 0 bridgehead atoms. The average molecular weight is 292 g/mol. The summed E-state index contributed by atoms with van der Waals surface area (Å²) in [5, 5.41) is 15.3. The molecule has 0 aliphatic rings. The second kappa shape index (κ2) is 6.21. The van der Waals surface area contributed by atoms with Crippen LogP contribution in [-0.4, -0.2) is 37.2 Å². The third-order valence-corrected chi connectivity index (χ3v) is 2.93. The zero-order valence-electron chi connectivity index (χ0n) is 11.5. The van der Waals surface area contributed by atoms with Crippen molar-refractivity contribution in [1.82, 2.24) is 19.5 Å². The average Bonchev–Trinajstić information content (AvgIpc) is 2.73. The van der Waals surface area contributed by atoms with Gasteiger partial charge >= 0.3 is 11.7 Å². The Morgan fingerprint density at radius 2 is 2.19 bits per heavy atom. The number of aromatic nitrogens is 3. The van der Waals surface area contributed by atoms with Gasteiger partial charge in [0.2, 0.25) is 5.91 Å². The molecule has 2 rings (SSSR count). The topological polar surface area (TPSA) is 106 Å². The fraction of sp³-hybridized carbons (Fsp3) is 0.385. The summed E-state index contributed by atoms with van der Waals surface area (Å²) >= 11 is 0. The van der Waals surface area contributed by atoms with Crippen molar-refractivity contribution >= 4 is 17.5 Å². The van der Waals surface area contributed by atoms with Gasteiger partial charge < -0.3 is 10.4 Å². The fourth-order valence-electron chi connectivity index (χ4n) is 1.98. The van der Waals surface area contributed by atoms with E-state index in [9.17, 15) is 14.4 Å². The van der Waals surface area contributed by atoms with Crippen molar-refractivity contribution in [3.05, 3.63) is 34.9 Å². The van der Waals surface area contributed by atoms with Crippen LogP contribution >= 0.6 is 0 Å². The number of hydrogen-bond acceptors (Lipinski definition) is 4. The lowest BCUT2D eigenvalue weighted by Gasteiger charge is -2.10. The molecule has 2 aromatic heterocycles. The molecule has 21 heavy (non-hydrogen) atoms. The Kier molecular flexibility index (Phi) is 4.36. The Bertz CT molecular complexity index is 718. The van der Waals surface area contributed by atoms with Crippen LogP contribution < -0.4 is 11.0 Å². The number of nitrogens with zero attached hydrogens (tertiary/aromatic N) is 3. The molecule has 0 aliphatic carbocycles. The van der Waals surface area contributed by atoms with Crippen molar-refractivity contribution in [2.24, 2.45) is 0 Å². The van der Waals surface area contributed by atoms with E-state index in [-0.39, 0.29) is 31.0 Å². The minimum Gasteiger partial charge on any atom is -0.481 e. The van der Waals surface area contributed by atoms with Gasteiger partial charge in [0.15, 0.2) is 5.65 Å². The van der Waals surface area contributed by atoms with Crippen LogP contribution in [0.1, 0.15) is 19.8 Å². The minimum absolute atomic E-state index is 0.0632. The molecular weight excluding hydrogens is 276 g/mol. The predicted octanol–water partition coefficient (Wildman–Crippen LogP) is -0.135. The third-order valence-electron chi connectivity index (χ3n) is 2.93. The van der Waals surface area contributed by atoms with Gasteiger partial charge in [-0.25, -0.2) is 9.48 Å². The maximum atomic E-state index is 12.0. The van der Waals surface area contributed by atoms with E-state index in [0.717, 1.165) is 0 Å². The molecule has 0 aliphatic heterocycles. The fourth-order valence-corrected chi connectivity index (χ4v) is 1.98. The van der Waals surface area contributed by atoms with Crippen molar-refractivity contribution in [2.75, 3.05) is 0 Å². The highest BCUT2D eigenvalue weighted by Crippen LogP contribution is 1.97. The third kappa shape index (κ3) is 3.68. The number of aryl methyl sites for hydroxylation is 1. The van der Waals surface area contributed by atoms with Crippen LogP contribution in [0.5, 0.6) is 0 Å². The summed E-state index contributed by atoms with van der Waals surface area (Å²) in [5.41, 5.74) is 0.208. The Hall–Kier alpha value is -2.64. The molecule has 0 fully saturated rings. The molecular formula is C13H16N4O4. The first kappa shape index (κ1) is 14.8. The Morgan fingerprint density at radius 1 is 1.43 bits per heavy atom. The van der Waals surface area contributed by atoms with Crippen LogP contribution in [0.15, 0.2) is 29.2 Å². The summed E-state index contributed by atoms with van der Waals surface area (Å²) in [6, 6.07) is 4.74. The molecule has 1 amide bonds. The van der Waals surface area contributed by atoms with Crippen LogP contribution in [0, 0.1) is 0 Å². The lowest BCUT2D eigenvalue weighted by Crippen LogP contribution is -2.35. The predicted molar refractivity (Wildman–Crippen MR) is 73.9 cm³/mol. The summed E-state index contributed by atoms with van der Waals surface area (Å²) < 4.78 is 2.61. The number of hydrogen-bond donors (Lipinski definition) is 2. The molecule has 8 nitrogen and oxygen atoms in total. The number of pyridine rings is 1. The quantitative estimate of drug-likeness (QED) is 0.771. The van der Waals surface area contributed by atoms with E-state index in [0.29, 0.717) is 5.65 Å². The number of amides is 1. The largest absolute Gasteiger partial charge is 0.481 e. The van der Waals surface area contributed by atoms with Crippen LogP contribution in [0.4, 0.5) is 0 Å². The van der Waals surface area contributed by atoms with E-state index in [1.54, 1.807) is 31.3 Å². The molecule has 1 unspecified atom stereocenters. The highest BCUT2D eigenvalue weighted by Gasteiger charge is 2.12. The first-order valence-corrected chi connectivity index (χ1v) is 6.52. The number of carboxylic acid groups (broad SMARTS) is 1. The van der Waals surface area contributed by atoms with Crippen molar-refractivity contribution in [3.63, 3.8) is 0 Å². The summed E-state index contributed by atoms with van der Waals surface area (Å²) in [4.78, 5) is 34.1. The van der Waals surface area contributed by atoms with Gasteiger partial charge in [0, 0.05) is 18.7 Å². The Morgan fingerprint density at radius 3 is 2.86 bits per heavy atom. The van der Waals surface area contributed by atoms with E-state index < -0.39 is 12.0 Å². The van der Waals surface area contributed by atoms with Gasteiger partial charge in [0.05, 0.1) is 13.0 Å². The maximum Gasteiger partial charge on any atom is 0.350 e. The standard InChI is InChI=1S/C13H16N4O4/c1-9(8-12(19)20)14-11(18)5-7-17-13(21)16-6-3-2-4-10(16)15-17/h2-4,6,9H,5,7-8H2,1H3,(H,14,18)(H,19,20).